The number of nitrogens with zero attached hydrogens (tertiary/aromatic N) is 3. The first-order chi connectivity index (χ1) is 11.7. The van der Waals surface area contributed by atoms with E-state index in [-0.39, 0.29) is 28.9 Å². The lowest BCUT2D eigenvalue weighted by Crippen LogP contribution is -2.42. The number of aromatic nitrogens is 2. The maximum atomic E-state index is 12.3. The highest BCUT2D eigenvalue weighted by Crippen LogP contribution is 2.23. The number of carbonyl (C=O) groups excluding carboxylic acids is 2. The molecule has 0 radical (unpaired) electrons. The molecule has 2 rings (SSSR count). The van der Waals surface area contributed by atoms with Crippen LogP contribution < -0.4 is 10.6 Å². The fourth-order valence-corrected chi connectivity index (χ4v) is 2.77. The Morgan fingerprint density at radius 1 is 1.40 bits per heavy atom. The minimum Gasteiger partial charge on any atom is -0.444 e. The van der Waals surface area contributed by atoms with Crippen molar-refractivity contribution in [3.8, 4) is 0 Å². The van der Waals surface area contributed by atoms with Crippen LogP contribution in [0.3, 0.4) is 0 Å². The summed E-state index contributed by atoms with van der Waals surface area (Å²) in [6.45, 7) is 6.64. The zero-order chi connectivity index (χ0) is 18.6. The van der Waals surface area contributed by atoms with Gasteiger partial charge < -0.3 is 20.3 Å². The second kappa shape index (κ2) is 7.86. The van der Waals surface area contributed by atoms with E-state index >= 15 is 0 Å². The summed E-state index contributed by atoms with van der Waals surface area (Å²) in [5.41, 5.74) is 0.108. The Kier molecular flexibility index (Phi) is 6.05. The molecule has 1 fully saturated rings. The smallest absolute Gasteiger partial charge is 0.410 e. The Morgan fingerprint density at radius 2 is 2.12 bits per heavy atom. The fraction of sp³-hybridized carbons (Fsp3) is 0.625. The van der Waals surface area contributed by atoms with Crippen LogP contribution in [0.5, 0.6) is 0 Å². The van der Waals surface area contributed by atoms with E-state index in [4.69, 9.17) is 16.3 Å². The number of hydrogen-bond acceptors (Lipinski definition) is 6. The third kappa shape index (κ3) is 5.19. The molecule has 9 heteroatoms. The predicted molar refractivity (Wildman–Crippen MR) is 94.9 cm³/mol. The molecule has 0 spiro atoms. The lowest BCUT2D eigenvalue weighted by molar-refractivity contribution is 0.0235. The predicted octanol–water partition coefficient (Wildman–Crippen LogP) is 2.30. The van der Waals surface area contributed by atoms with E-state index in [0.29, 0.717) is 18.8 Å². The molecule has 1 aromatic rings. The molecule has 0 aliphatic carbocycles. The number of amides is 2. The largest absolute Gasteiger partial charge is 0.444 e. The summed E-state index contributed by atoms with van der Waals surface area (Å²) < 4.78 is 5.45. The highest BCUT2D eigenvalue weighted by atomic mass is 35.5. The van der Waals surface area contributed by atoms with Gasteiger partial charge in [0.25, 0.3) is 5.91 Å². The van der Waals surface area contributed by atoms with Gasteiger partial charge in [-0.25, -0.2) is 4.79 Å². The van der Waals surface area contributed by atoms with Gasteiger partial charge in [0, 0.05) is 26.2 Å². The number of anilines is 1. The lowest BCUT2D eigenvalue weighted by atomic mass is 10.2. The van der Waals surface area contributed by atoms with Crippen molar-refractivity contribution in [2.24, 2.45) is 0 Å². The Morgan fingerprint density at radius 3 is 2.76 bits per heavy atom. The van der Waals surface area contributed by atoms with Crippen molar-refractivity contribution < 1.29 is 14.3 Å². The Hall–Kier alpha value is -2.09. The molecule has 1 aliphatic heterocycles. The van der Waals surface area contributed by atoms with Gasteiger partial charge >= 0.3 is 6.09 Å². The van der Waals surface area contributed by atoms with Crippen LogP contribution in [0.4, 0.5) is 10.5 Å². The molecule has 25 heavy (non-hydrogen) atoms. The van der Waals surface area contributed by atoms with Crippen LogP contribution in [0.2, 0.25) is 5.15 Å². The van der Waals surface area contributed by atoms with Crippen molar-refractivity contribution >= 4 is 29.3 Å². The van der Waals surface area contributed by atoms with Gasteiger partial charge in [0.2, 0.25) is 0 Å². The summed E-state index contributed by atoms with van der Waals surface area (Å²) in [6, 6.07) is 1.52. The summed E-state index contributed by atoms with van der Waals surface area (Å²) >= 11 is 5.88. The average molecular weight is 370 g/mol. The SMILES string of the molecule is CNC(=O)c1nnc(Cl)cc1NCC1CCCN1C(=O)OC(C)(C)C. The molecule has 1 aromatic heterocycles. The Balaban J connectivity index is 2.06. The summed E-state index contributed by atoms with van der Waals surface area (Å²) in [6.07, 6.45) is 1.44. The minimum absolute atomic E-state index is 0.0284. The standard InChI is InChI=1S/C16H24ClN5O3/c1-16(2,3)25-15(24)22-7-5-6-10(22)9-19-11-8-12(17)20-21-13(11)14(23)18-4/h8,10H,5-7,9H2,1-4H3,(H,18,23)(H,19,20). The first-order valence-corrected chi connectivity index (χ1v) is 8.58. The van der Waals surface area contributed by atoms with Crippen LogP contribution in [0.15, 0.2) is 6.07 Å². The number of carbonyl (C=O) groups is 2. The number of rotatable bonds is 4. The molecule has 1 saturated heterocycles. The molecule has 1 unspecified atom stereocenters. The summed E-state index contributed by atoms with van der Waals surface area (Å²) in [7, 11) is 1.52. The van der Waals surface area contributed by atoms with Gasteiger partial charge in [-0.05, 0) is 33.6 Å². The summed E-state index contributed by atoms with van der Waals surface area (Å²) in [5, 5.41) is 13.4. The molecule has 2 N–H and O–H groups in total. The molecule has 2 heterocycles. The van der Waals surface area contributed by atoms with E-state index in [1.54, 1.807) is 11.0 Å². The molecule has 0 aromatic carbocycles. The molecule has 8 nitrogen and oxygen atoms in total. The van der Waals surface area contributed by atoms with E-state index in [2.05, 4.69) is 20.8 Å². The number of ether oxygens (including phenoxy) is 1. The minimum atomic E-state index is -0.535. The van der Waals surface area contributed by atoms with Gasteiger partial charge in [0.15, 0.2) is 10.8 Å². The first kappa shape index (κ1) is 19.2. The lowest BCUT2D eigenvalue weighted by Gasteiger charge is -2.29. The van der Waals surface area contributed by atoms with Gasteiger partial charge in [-0.3, -0.25) is 4.79 Å². The molecular weight excluding hydrogens is 346 g/mol. The van der Waals surface area contributed by atoms with E-state index in [9.17, 15) is 9.59 Å². The van der Waals surface area contributed by atoms with Crippen molar-refractivity contribution in [3.63, 3.8) is 0 Å². The van der Waals surface area contributed by atoms with Gasteiger partial charge in [0.1, 0.15) is 5.60 Å². The Bertz CT molecular complexity index is 647. The number of nitrogens with one attached hydrogen (secondary N) is 2. The second-order valence-corrected chi connectivity index (χ2v) is 7.25. The van der Waals surface area contributed by atoms with Crippen LogP contribution in [0, 0.1) is 0 Å². The molecule has 1 aliphatic rings. The van der Waals surface area contributed by atoms with E-state index < -0.39 is 5.60 Å². The van der Waals surface area contributed by atoms with Crippen LogP contribution in [-0.2, 0) is 4.74 Å². The molecule has 0 bridgehead atoms. The van der Waals surface area contributed by atoms with Crippen LogP contribution >= 0.6 is 11.6 Å². The molecule has 0 saturated carbocycles. The van der Waals surface area contributed by atoms with Crippen molar-refractivity contribution in [2.75, 3.05) is 25.5 Å². The zero-order valence-electron chi connectivity index (χ0n) is 14.9. The first-order valence-electron chi connectivity index (χ1n) is 8.20. The highest BCUT2D eigenvalue weighted by molar-refractivity contribution is 6.29. The zero-order valence-corrected chi connectivity index (χ0v) is 15.7. The van der Waals surface area contributed by atoms with Crippen molar-refractivity contribution in [2.45, 2.75) is 45.3 Å². The van der Waals surface area contributed by atoms with Crippen LogP contribution in [-0.4, -0.2) is 58.9 Å². The Labute approximate surface area is 152 Å². The maximum absolute atomic E-state index is 12.3. The fourth-order valence-electron chi connectivity index (χ4n) is 2.63. The van der Waals surface area contributed by atoms with Crippen LogP contribution in [0.1, 0.15) is 44.1 Å². The highest BCUT2D eigenvalue weighted by Gasteiger charge is 2.32. The van der Waals surface area contributed by atoms with E-state index in [1.807, 2.05) is 20.8 Å². The van der Waals surface area contributed by atoms with Gasteiger partial charge in [0.05, 0.1) is 11.7 Å². The van der Waals surface area contributed by atoms with Gasteiger partial charge in [-0.1, -0.05) is 11.6 Å². The van der Waals surface area contributed by atoms with Crippen LogP contribution in [0.25, 0.3) is 0 Å². The number of likely N-dealkylation sites (tertiary alicyclic amines) is 1. The third-order valence-corrected chi connectivity index (χ3v) is 3.92. The maximum Gasteiger partial charge on any atom is 0.410 e. The van der Waals surface area contributed by atoms with E-state index in [0.717, 1.165) is 12.8 Å². The quantitative estimate of drug-likeness (QED) is 0.845. The van der Waals surface area contributed by atoms with Crippen molar-refractivity contribution in [1.82, 2.24) is 20.4 Å². The second-order valence-electron chi connectivity index (χ2n) is 6.86. The summed E-state index contributed by atoms with van der Waals surface area (Å²) in [4.78, 5) is 25.9. The molecular formula is C16H24ClN5O3. The van der Waals surface area contributed by atoms with Crippen molar-refractivity contribution in [3.05, 3.63) is 16.9 Å². The number of hydrogen-bond donors (Lipinski definition) is 2. The normalized spacial score (nSPS) is 17.3. The number of halogens is 1. The summed E-state index contributed by atoms with van der Waals surface area (Å²) in [5.74, 6) is -0.359. The molecule has 138 valence electrons. The van der Waals surface area contributed by atoms with Gasteiger partial charge in [-0.15, -0.1) is 10.2 Å². The monoisotopic (exact) mass is 369 g/mol. The third-order valence-electron chi connectivity index (χ3n) is 3.74. The molecule has 2 amide bonds. The van der Waals surface area contributed by atoms with E-state index in [1.165, 1.54) is 7.05 Å². The van der Waals surface area contributed by atoms with Gasteiger partial charge in [-0.2, -0.15) is 0 Å². The van der Waals surface area contributed by atoms with Crippen molar-refractivity contribution in [1.29, 1.82) is 0 Å². The average Bonchev–Trinajstić information content (AvgIpc) is 2.99. The molecule has 1 atom stereocenters. The topological polar surface area (TPSA) is 96.5 Å².